The maximum Gasteiger partial charge on any atom is 0.416 e. The molecule has 0 unspecified atom stereocenters. The summed E-state index contributed by atoms with van der Waals surface area (Å²) in [6, 6.07) is 6.49. The summed E-state index contributed by atoms with van der Waals surface area (Å²) < 4.78 is 103. The van der Waals surface area contributed by atoms with Gasteiger partial charge in [-0.2, -0.15) is 22.0 Å². The fraction of sp³-hybridized carbons (Fsp3) is 0.444. The number of nitrogens with zero attached hydrogens (tertiary/aromatic N) is 5. The Morgan fingerprint density at radius 1 is 1.07 bits per heavy atom. The average Bonchev–Trinajstić information content (AvgIpc) is 3.61. The molecule has 13 heteroatoms. The Labute approximate surface area is 225 Å². The highest BCUT2D eigenvalue weighted by atomic mass is 19.4. The van der Waals surface area contributed by atoms with Crippen molar-refractivity contribution in [3.63, 3.8) is 0 Å². The Balaban J connectivity index is 1.51. The Morgan fingerprint density at radius 3 is 2.40 bits per heavy atom. The minimum Gasteiger partial charge on any atom is -0.316 e. The molecule has 0 aliphatic carbocycles. The minimum absolute atomic E-state index is 0.0427. The Morgan fingerprint density at radius 2 is 1.80 bits per heavy atom. The second-order valence-electron chi connectivity index (χ2n) is 10.4. The maximum atomic E-state index is 15.8. The van der Waals surface area contributed by atoms with Crippen LogP contribution in [0.5, 0.6) is 0 Å². The topological polar surface area (TPSA) is 54.3 Å². The number of rotatable bonds is 6. The van der Waals surface area contributed by atoms with E-state index in [1.807, 2.05) is 0 Å². The number of alkyl halides is 7. The second-order valence-corrected chi connectivity index (χ2v) is 10.4. The lowest BCUT2D eigenvalue weighted by Crippen LogP contribution is -2.39. The molecule has 5 rings (SSSR count). The summed E-state index contributed by atoms with van der Waals surface area (Å²) in [5.41, 5.74) is -5.09. The van der Waals surface area contributed by atoms with Crippen LogP contribution >= 0.6 is 0 Å². The number of likely N-dealkylation sites (tertiary alicyclic amines) is 1. The largest absolute Gasteiger partial charge is 0.416 e. The molecule has 1 amide bonds. The molecule has 1 saturated heterocycles. The first-order valence-electron chi connectivity index (χ1n) is 12.6. The number of halogens is 7. The molecule has 0 spiro atoms. The number of carbonyl (C=O) groups is 1. The standard InChI is InChI=1S/C27H26F7N5O/c1-15(38-8-7-18(28)12-38)16-9-20-21(22(10-16)27(32,33)34)13-39(23(20)40)19-6-4-5-17(11-19)25(2,29)26(30,31)24-36-35-14-37(24)3/h4-6,9-11,14-15,18H,7-8,12-13H2,1-3H3/t15-,18-,25+/m0/s1. The van der Waals surface area contributed by atoms with E-state index in [0.29, 0.717) is 13.5 Å². The van der Waals surface area contributed by atoms with Gasteiger partial charge in [0.2, 0.25) is 11.5 Å². The van der Waals surface area contributed by atoms with Gasteiger partial charge in [0, 0.05) is 37.4 Å². The van der Waals surface area contributed by atoms with Crippen LogP contribution < -0.4 is 4.90 Å². The summed E-state index contributed by atoms with van der Waals surface area (Å²) in [4.78, 5) is 16.2. The van der Waals surface area contributed by atoms with E-state index >= 15 is 13.2 Å². The van der Waals surface area contributed by atoms with Crippen molar-refractivity contribution in [1.29, 1.82) is 0 Å². The number of benzene rings is 2. The summed E-state index contributed by atoms with van der Waals surface area (Å²) >= 11 is 0. The molecule has 3 atom stereocenters. The summed E-state index contributed by atoms with van der Waals surface area (Å²) in [7, 11) is 1.24. The van der Waals surface area contributed by atoms with Crippen LogP contribution in [-0.4, -0.2) is 44.8 Å². The number of hydrogen-bond acceptors (Lipinski definition) is 4. The molecule has 214 valence electrons. The highest BCUT2D eigenvalue weighted by molar-refractivity contribution is 6.10. The summed E-state index contributed by atoms with van der Waals surface area (Å²) in [6.45, 7) is 2.28. The van der Waals surface area contributed by atoms with Crippen molar-refractivity contribution >= 4 is 11.6 Å². The summed E-state index contributed by atoms with van der Waals surface area (Å²) in [6.07, 6.45) is -4.59. The molecule has 3 aromatic rings. The van der Waals surface area contributed by atoms with E-state index in [0.717, 1.165) is 34.0 Å². The molecule has 40 heavy (non-hydrogen) atoms. The van der Waals surface area contributed by atoms with Crippen molar-refractivity contribution in [2.75, 3.05) is 18.0 Å². The Hall–Kier alpha value is -3.48. The average molecular weight is 570 g/mol. The minimum atomic E-state index is -4.79. The van der Waals surface area contributed by atoms with Gasteiger partial charge in [0.05, 0.1) is 12.1 Å². The molecule has 2 aliphatic rings. The highest BCUT2D eigenvalue weighted by Crippen LogP contribution is 2.48. The van der Waals surface area contributed by atoms with Crippen molar-refractivity contribution < 1.29 is 35.5 Å². The van der Waals surface area contributed by atoms with Crippen molar-refractivity contribution in [2.45, 2.75) is 56.8 Å². The zero-order valence-electron chi connectivity index (χ0n) is 21.8. The van der Waals surface area contributed by atoms with E-state index in [-0.39, 0.29) is 35.3 Å². The van der Waals surface area contributed by atoms with Crippen LogP contribution in [0.1, 0.15) is 64.7 Å². The van der Waals surface area contributed by atoms with Crippen LogP contribution in [0.4, 0.5) is 36.4 Å². The van der Waals surface area contributed by atoms with E-state index in [9.17, 15) is 22.4 Å². The monoisotopic (exact) mass is 569 g/mol. The van der Waals surface area contributed by atoms with E-state index in [2.05, 4.69) is 10.2 Å². The SMILES string of the molecule is C[C@@H](c1cc2c(c(C(F)(F)F)c1)CN(c1cccc([C@@](C)(F)C(F)(F)c3nncn3C)c1)C2=O)N1CC[C@H](F)C1. The number of hydrogen-bond donors (Lipinski definition) is 0. The molecule has 2 aliphatic heterocycles. The van der Waals surface area contributed by atoms with Gasteiger partial charge in [0.25, 0.3) is 5.91 Å². The Kier molecular flexibility index (Phi) is 6.71. The van der Waals surface area contributed by atoms with Crippen LogP contribution in [0.2, 0.25) is 0 Å². The third kappa shape index (κ3) is 4.53. The summed E-state index contributed by atoms with van der Waals surface area (Å²) in [5, 5.41) is 6.72. The molecular weight excluding hydrogens is 543 g/mol. The molecule has 6 nitrogen and oxygen atoms in total. The van der Waals surface area contributed by atoms with E-state index < -0.39 is 59.4 Å². The van der Waals surface area contributed by atoms with Gasteiger partial charge in [-0.25, -0.2) is 8.78 Å². The highest BCUT2D eigenvalue weighted by Gasteiger charge is 2.57. The van der Waals surface area contributed by atoms with Gasteiger partial charge in [-0.3, -0.25) is 9.69 Å². The quantitative estimate of drug-likeness (QED) is 0.338. The van der Waals surface area contributed by atoms with Crippen LogP contribution in [0, 0.1) is 0 Å². The van der Waals surface area contributed by atoms with Crippen molar-refractivity contribution in [2.24, 2.45) is 7.05 Å². The third-order valence-electron chi connectivity index (χ3n) is 7.84. The predicted octanol–water partition coefficient (Wildman–Crippen LogP) is 6.08. The van der Waals surface area contributed by atoms with Gasteiger partial charge in [0.1, 0.15) is 12.5 Å². The van der Waals surface area contributed by atoms with Gasteiger partial charge in [0.15, 0.2) is 0 Å². The van der Waals surface area contributed by atoms with Crippen LogP contribution in [0.25, 0.3) is 0 Å². The number of fused-ring (bicyclic) bond motifs is 1. The fourth-order valence-corrected chi connectivity index (χ4v) is 5.36. The van der Waals surface area contributed by atoms with E-state index in [4.69, 9.17) is 0 Å². The molecule has 1 aromatic heterocycles. The first-order chi connectivity index (χ1) is 18.6. The van der Waals surface area contributed by atoms with Crippen LogP contribution in [-0.2, 0) is 31.4 Å². The van der Waals surface area contributed by atoms with E-state index in [1.54, 1.807) is 11.8 Å². The lowest BCUT2D eigenvalue weighted by molar-refractivity contribution is -0.149. The molecule has 3 heterocycles. The molecular formula is C27H26F7N5O. The number of amides is 1. The lowest BCUT2D eigenvalue weighted by Gasteiger charge is -2.30. The van der Waals surface area contributed by atoms with Gasteiger partial charge in [-0.05, 0) is 61.2 Å². The first-order valence-corrected chi connectivity index (χ1v) is 12.6. The predicted molar refractivity (Wildman–Crippen MR) is 131 cm³/mol. The zero-order chi connectivity index (χ0) is 29.2. The van der Waals surface area contributed by atoms with Crippen molar-refractivity contribution in [3.05, 3.63) is 76.4 Å². The summed E-state index contributed by atoms with van der Waals surface area (Å²) in [5.74, 6) is -5.82. The van der Waals surface area contributed by atoms with Crippen LogP contribution in [0.15, 0.2) is 42.7 Å². The number of aromatic nitrogens is 3. The maximum absolute atomic E-state index is 15.8. The van der Waals surface area contributed by atoms with Gasteiger partial charge < -0.3 is 9.47 Å². The lowest BCUT2D eigenvalue weighted by atomic mass is 9.90. The van der Waals surface area contributed by atoms with Crippen LogP contribution in [0.3, 0.4) is 0 Å². The smallest absolute Gasteiger partial charge is 0.316 e. The molecule has 1 fully saturated rings. The van der Waals surface area contributed by atoms with Crippen molar-refractivity contribution in [1.82, 2.24) is 19.7 Å². The number of carbonyl (C=O) groups excluding carboxylic acids is 1. The number of aryl methyl sites for hydroxylation is 1. The fourth-order valence-electron chi connectivity index (χ4n) is 5.36. The van der Waals surface area contributed by atoms with Gasteiger partial charge in [-0.15, -0.1) is 10.2 Å². The molecule has 2 aromatic carbocycles. The third-order valence-corrected chi connectivity index (χ3v) is 7.84. The number of anilines is 1. The van der Waals surface area contributed by atoms with Crippen molar-refractivity contribution in [3.8, 4) is 0 Å². The Bertz CT molecular complexity index is 1450. The molecule has 0 radical (unpaired) electrons. The molecule has 0 bridgehead atoms. The van der Waals surface area contributed by atoms with Gasteiger partial charge >= 0.3 is 12.1 Å². The van der Waals surface area contributed by atoms with E-state index in [1.165, 1.54) is 25.2 Å². The normalized spacial score (nSPS) is 20.6. The van der Waals surface area contributed by atoms with Gasteiger partial charge in [-0.1, -0.05) is 12.1 Å². The molecule has 0 N–H and O–H groups in total. The zero-order valence-corrected chi connectivity index (χ0v) is 21.8. The first kappa shape index (κ1) is 28.1. The molecule has 0 saturated carbocycles. The second kappa shape index (κ2) is 9.57.